The number of aryl methyl sites for hydroxylation is 1. The number of aromatic nitrogens is 2. The zero-order valence-corrected chi connectivity index (χ0v) is 7.45. The van der Waals surface area contributed by atoms with Crippen LogP contribution in [-0.2, 0) is 6.42 Å². The zero-order chi connectivity index (χ0) is 8.10. The average molecular weight is 168 g/mol. The Morgan fingerprint density at radius 1 is 1.55 bits per heavy atom. The van der Waals surface area contributed by atoms with Crippen molar-refractivity contribution in [2.45, 2.75) is 26.2 Å². The quantitative estimate of drug-likeness (QED) is 0.702. The van der Waals surface area contributed by atoms with Crippen LogP contribution in [0.3, 0.4) is 0 Å². The first-order valence-corrected chi connectivity index (χ1v) is 4.28. The van der Waals surface area contributed by atoms with Crippen LogP contribution in [0.4, 0.5) is 0 Å². The fraction of sp³-hybridized carbons (Fsp3) is 0.500. The molecule has 0 bridgehead atoms. The molecule has 0 atom stereocenters. The highest BCUT2D eigenvalue weighted by atomic mass is 32.1. The fourth-order valence-corrected chi connectivity index (χ4v) is 0.984. The van der Waals surface area contributed by atoms with Crippen LogP contribution in [0.1, 0.15) is 25.5 Å². The van der Waals surface area contributed by atoms with E-state index in [-0.39, 0.29) is 0 Å². The van der Waals surface area contributed by atoms with E-state index in [9.17, 15) is 0 Å². The molecule has 1 N–H and O–H groups in total. The van der Waals surface area contributed by atoms with Gasteiger partial charge in [0.15, 0.2) is 0 Å². The molecule has 0 fully saturated rings. The molecule has 0 unspecified atom stereocenters. The molecule has 1 rings (SSSR count). The lowest BCUT2D eigenvalue weighted by molar-refractivity contribution is 0.758. The minimum atomic E-state index is 0.699. The van der Waals surface area contributed by atoms with E-state index in [1.807, 2.05) is 12.1 Å². The van der Waals surface area contributed by atoms with Crippen LogP contribution in [0.15, 0.2) is 12.1 Å². The summed E-state index contributed by atoms with van der Waals surface area (Å²) >= 11 is 4.87. The molecule has 1 aromatic heterocycles. The van der Waals surface area contributed by atoms with Crippen molar-refractivity contribution in [2.24, 2.45) is 0 Å². The van der Waals surface area contributed by atoms with Crippen molar-refractivity contribution in [3.05, 3.63) is 22.5 Å². The summed E-state index contributed by atoms with van der Waals surface area (Å²) < 4.78 is 0.699. The van der Waals surface area contributed by atoms with E-state index in [1.165, 1.54) is 12.8 Å². The summed E-state index contributed by atoms with van der Waals surface area (Å²) in [5.41, 5.74) is 1.10. The SMILES string of the molecule is CCCCc1ccc(=S)[nH]n1. The lowest BCUT2D eigenvalue weighted by Gasteiger charge is -1.95. The number of nitrogens with zero attached hydrogens (tertiary/aromatic N) is 1. The van der Waals surface area contributed by atoms with Gasteiger partial charge in [0, 0.05) is 0 Å². The standard InChI is InChI=1S/C8H12N2S/c1-2-3-4-7-5-6-8(11)10-9-7/h5-6H,2-4H2,1H3,(H,10,11). The number of hydrogen-bond donors (Lipinski definition) is 1. The molecule has 0 saturated carbocycles. The summed E-state index contributed by atoms with van der Waals surface area (Å²) in [5, 5.41) is 6.86. The molecule has 0 spiro atoms. The smallest absolute Gasteiger partial charge is 0.119 e. The summed E-state index contributed by atoms with van der Waals surface area (Å²) in [6, 6.07) is 3.86. The molecule has 1 heterocycles. The number of nitrogens with one attached hydrogen (secondary N) is 1. The summed E-state index contributed by atoms with van der Waals surface area (Å²) in [5.74, 6) is 0. The van der Waals surface area contributed by atoms with Gasteiger partial charge in [-0.3, -0.25) is 5.10 Å². The monoisotopic (exact) mass is 168 g/mol. The summed E-state index contributed by atoms with van der Waals surface area (Å²) in [7, 11) is 0. The first-order chi connectivity index (χ1) is 5.33. The molecule has 1 aromatic rings. The first-order valence-electron chi connectivity index (χ1n) is 3.87. The van der Waals surface area contributed by atoms with Gasteiger partial charge in [0.05, 0.1) is 5.69 Å². The Kier molecular flexibility index (Phi) is 3.23. The Labute approximate surface area is 71.7 Å². The Hall–Kier alpha value is -0.700. The third kappa shape index (κ3) is 2.80. The topological polar surface area (TPSA) is 28.7 Å². The highest BCUT2D eigenvalue weighted by Crippen LogP contribution is 1.99. The van der Waals surface area contributed by atoms with Crippen LogP contribution in [0.25, 0.3) is 0 Å². The number of rotatable bonds is 3. The molecule has 11 heavy (non-hydrogen) atoms. The van der Waals surface area contributed by atoms with Gasteiger partial charge < -0.3 is 0 Å². The van der Waals surface area contributed by atoms with Crippen LogP contribution < -0.4 is 0 Å². The van der Waals surface area contributed by atoms with Crippen LogP contribution in [0.2, 0.25) is 0 Å². The van der Waals surface area contributed by atoms with Gasteiger partial charge in [-0.25, -0.2) is 0 Å². The highest BCUT2D eigenvalue weighted by Gasteiger charge is 1.90. The number of hydrogen-bond acceptors (Lipinski definition) is 2. The van der Waals surface area contributed by atoms with E-state index in [0.717, 1.165) is 12.1 Å². The fourth-order valence-electron chi connectivity index (χ4n) is 0.870. The number of unbranched alkanes of at least 4 members (excludes halogenated alkanes) is 1. The Bertz CT molecular complexity index is 247. The van der Waals surface area contributed by atoms with Crippen molar-refractivity contribution >= 4 is 12.2 Å². The van der Waals surface area contributed by atoms with Gasteiger partial charge in [-0.05, 0) is 25.0 Å². The van der Waals surface area contributed by atoms with Gasteiger partial charge in [0.25, 0.3) is 0 Å². The third-order valence-electron chi connectivity index (χ3n) is 1.52. The lowest BCUT2D eigenvalue weighted by atomic mass is 10.2. The van der Waals surface area contributed by atoms with Gasteiger partial charge in [0.1, 0.15) is 4.64 Å². The van der Waals surface area contributed by atoms with Crippen molar-refractivity contribution < 1.29 is 0 Å². The zero-order valence-electron chi connectivity index (χ0n) is 6.63. The summed E-state index contributed by atoms with van der Waals surface area (Å²) in [6.07, 6.45) is 3.44. The number of H-pyrrole nitrogens is 1. The minimum absolute atomic E-state index is 0.699. The van der Waals surface area contributed by atoms with E-state index >= 15 is 0 Å². The van der Waals surface area contributed by atoms with Crippen LogP contribution in [-0.4, -0.2) is 10.2 Å². The molecule has 60 valence electrons. The van der Waals surface area contributed by atoms with E-state index in [1.54, 1.807) is 0 Å². The van der Waals surface area contributed by atoms with Gasteiger partial charge in [-0.15, -0.1) is 0 Å². The molecule has 0 radical (unpaired) electrons. The van der Waals surface area contributed by atoms with Gasteiger partial charge in [-0.1, -0.05) is 25.6 Å². The van der Waals surface area contributed by atoms with Crippen LogP contribution in [0, 0.1) is 4.64 Å². The molecular weight excluding hydrogens is 156 g/mol. The van der Waals surface area contributed by atoms with E-state index in [2.05, 4.69) is 17.1 Å². The first kappa shape index (κ1) is 8.40. The second kappa shape index (κ2) is 4.23. The lowest BCUT2D eigenvalue weighted by Crippen LogP contribution is -1.91. The molecule has 0 aliphatic heterocycles. The highest BCUT2D eigenvalue weighted by molar-refractivity contribution is 7.71. The van der Waals surface area contributed by atoms with Crippen LogP contribution in [0.5, 0.6) is 0 Å². The molecule has 0 saturated heterocycles. The maximum absolute atomic E-state index is 4.87. The van der Waals surface area contributed by atoms with E-state index < -0.39 is 0 Å². The minimum Gasteiger partial charge on any atom is -0.268 e. The molecule has 2 nitrogen and oxygen atoms in total. The van der Waals surface area contributed by atoms with Crippen molar-refractivity contribution in [2.75, 3.05) is 0 Å². The van der Waals surface area contributed by atoms with Crippen molar-refractivity contribution in [1.29, 1.82) is 0 Å². The van der Waals surface area contributed by atoms with Crippen LogP contribution >= 0.6 is 12.2 Å². The molecular formula is C8H12N2S. The normalized spacial score (nSPS) is 9.91. The Balaban J connectivity index is 2.59. The van der Waals surface area contributed by atoms with E-state index in [4.69, 9.17) is 12.2 Å². The second-order valence-electron chi connectivity index (χ2n) is 2.52. The van der Waals surface area contributed by atoms with Crippen molar-refractivity contribution in [3.8, 4) is 0 Å². The summed E-state index contributed by atoms with van der Waals surface area (Å²) in [6.45, 7) is 2.17. The third-order valence-corrected chi connectivity index (χ3v) is 1.75. The number of aromatic amines is 1. The van der Waals surface area contributed by atoms with Gasteiger partial charge in [-0.2, -0.15) is 5.10 Å². The van der Waals surface area contributed by atoms with Gasteiger partial charge in [0.2, 0.25) is 0 Å². The maximum atomic E-state index is 4.87. The molecule has 0 aliphatic carbocycles. The Morgan fingerprint density at radius 2 is 2.36 bits per heavy atom. The van der Waals surface area contributed by atoms with Gasteiger partial charge >= 0.3 is 0 Å². The van der Waals surface area contributed by atoms with E-state index in [0.29, 0.717) is 4.64 Å². The molecule has 0 aromatic carbocycles. The Morgan fingerprint density at radius 3 is 2.91 bits per heavy atom. The second-order valence-corrected chi connectivity index (χ2v) is 2.96. The van der Waals surface area contributed by atoms with Crippen molar-refractivity contribution in [1.82, 2.24) is 10.2 Å². The predicted molar refractivity (Wildman–Crippen MR) is 48.0 cm³/mol. The predicted octanol–water partition coefficient (Wildman–Crippen LogP) is 2.48. The summed E-state index contributed by atoms with van der Waals surface area (Å²) in [4.78, 5) is 0. The largest absolute Gasteiger partial charge is 0.268 e. The van der Waals surface area contributed by atoms with Crippen molar-refractivity contribution in [3.63, 3.8) is 0 Å². The maximum Gasteiger partial charge on any atom is 0.119 e. The molecule has 0 aliphatic rings. The molecule has 0 amide bonds. The average Bonchev–Trinajstić information content (AvgIpc) is 2.04. The molecule has 3 heteroatoms.